The molecule has 0 amide bonds. The summed E-state index contributed by atoms with van der Waals surface area (Å²) in [6, 6.07) is 4.60. The van der Waals surface area contributed by atoms with Gasteiger partial charge in [-0.15, -0.1) is 0 Å². The van der Waals surface area contributed by atoms with Gasteiger partial charge >= 0.3 is 11.9 Å². The number of carboxylic acids is 1. The molecule has 0 saturated heterocycles. The second-order valence-corrected chi connectivity index (χ2v) is 4.03. The Bertz CT molecular complexity index is 635. The van der Waals surface area contributed by atoms with Gasteiger partial charge < -0.3 is 19.7 Å². The van der Waals surface area contributed by atoms with E-state index in [2.05, 4.69) is 14.7 Å². The van der Waals surface area contributed by atoms with Gasteiger partial charge in [0.2, 0.25) is 5.95 Å². The molecular weight excluding hydrogens is 250 g/mol. The Morgan fingerprint density at radius 2 is 2.21 bits per heavy atom. The van der Waals surface area contributed by atoms with Crippen molar-refractivity contribution in [3.8, 4) is 0 Å². The molecule has 1 heterocycles. The molecule has 0 saturated carbocycles. The number of anilines is 1. The number of carbonyl (C=O) groups is 2. The first-order valence-electron chi connectivity index (χ1n) is 5.52. The third-order valence-corrected chi connectivity index (χ3v) is 2.67. The Labute approximate surface area is 108 Å². The number of fused-ring (bicyclic) bond motifs is 1. The van der Waals surface area contributed by atoms with Crippen LogP contribution in [0.15, 0.2) is 18.2 Å². The molecule has 19 heavy (non-hydrogen) atoms. The van der Waals surface area contributed by atoms with E-state index < -0.39 is 5.97 Å². The van der Waals surface area contributed by atoms with Crippen LogP contribution >= 0.6 is 0 Å². The van der Waals surface area contributed by atoms with Crippen molar-refractivity contribution in [2.24, 2.45) is 0 Å². The van der Waals surface area contributed by atoms with Gasteiger partial charge in [-0.1, -0.05) is 0 Å². The van der Waals surface area contributed by atoms with Gasteiger partial charge in [0.05, 0.1) is 23.7 Å². The first-order valence-corrected chi connectivity index (χ1v) is 5.52. The minimum atomic E-state index is -0.999. The van der Waals surface area contributed by atoms with Gasteiger partial charge in [-0.25, -0.2) is 9.78 Å². The van der Waals surface area contributed by atoms with Crippen molar-refractivity contribution in [3.63, 3.8) is 0 Å². The van der Waals surface area contributed by atoms with E-state index >= 15 is 0 Å². The second-order valence-electron chi connectivity index (χ2n) is 4.03. The monoisotopic (exact) mass is 263 g/mol. The normalized spacial score (nSPS) is 10.4. The highest BCUT2D eigenvalue weighted by Crippen LogP contribution is 2.18. The Balaban J connectivity index is 2.30. The number of hydrogen-bond donors (Lipinski definition) is 2. The van der Waals surface area contributed by atoms with Crippen LogP contribution in [0, 0.1) is 0 Å². The molecular formula is C12H13N3O4. The summed E-state index contributed by atoms with van der Waals surface area (Å²) < 4.78 is 4.57. The number of rotatable bonds is 4. The minimum absolute atomic E-state index is 0.0576. The molecule has 7 nitrogen and oxygen atoms in total. The minimum Gasteiger partial charge on any atom is -0.478 e. The van der Waals surface area contributed by atoms with E-state index in [0.717, 1.165) is 0 Å². The van der Waals surface area contributed by atoms with E-state index in [4.69, 9.17) is 5.11 Å². The molecule has 0 aliphatic rings. The average Bonchev–Trinajstić information content (AvgIpc) is 2.81. The molecule has 2 aromatic rings. The van der Waals surface area contributed by atoms with E-state index in [1.165, 1.54) is 19.2 Å². The zero-order chi connectivity index (χ0) is 14.0. The predicted octanol–water partition coefficient (Wildman–Crippen LogP) is 0.870. The third kappa shape index (κ3) is 2.65. The highest BCUT2D eigenvalue weighted by atomic mass is 16.5. The molecule has 0 aliphatic carbocycles. The van der Waals surface area contributed by atoms with Crippen molar-refractivity contribution in [1.29, 1.82) is 0 Å². The summed E-state index contributed by atoms with van der Waals surface area (Å²) in [5, 5.41) is 8.91. The van der Waals surface area contributed by atoms with E-state index in [0.29, 0.717) is 17.0 Å². The fraction of sp³-hybridized carbons (Fsp3) is 0.250. The molecule has 2 N–H and O–H groups in total. The first-order chi connectivity index (χ1) is 9.01. The van der Waals surface area contributed by atoms with E-state index in [-0.39, 0.29) is 18.1 Å². The summed E-state index contributed by atoms with van der Waals surface area (Å²) in [4.78, 5) is 30.9. The van der Waals surface area contributed by atoms with Gasteiger partial charge in [0.15, 0.2) is 0 Å². The summed E-state index contributed by atoms with van der Waals surface area (Å²) in [6.45, 7) is 0.0576. The Morgan fingerprint density at radius 1 is 1.47 bits per heavy atom. The topological polar surface area (TPSA) is 95.5 Å². The summed E-state index contributed by atoms with van der Waals surface area (Å²) in [7, 11) is 3.00. The number of methoxy groups -OCH3 is 1. The lowest BCUT2D eigenvalue weighted by atomic mass is 10.2. The number of carboxylic acid groups (broad SMARTS) is 1. The molecule has 0 atom stereocenters. The van der Waals surface area contributed by atoms with Crippen molar-refractivity contribution in [1.82, 2.24) is 9.97 Å². The summed E-state index contributed by atoms with van der Waals surface area (Å²) in [5.74, 6) is -0.905. The van der Waals surface area contributed by atoms with Crippen LogP contribution in [0.1, 0.15) is 10.4 Å². The van der Waals surface area contributed by atoms with Crippen LogP contribution in [0.4, 0.5) is 5.95 Å². The fourth-order valence-corrected chi connectivity index (χ4v) is 1.64. The van der Waals surface area contributed by atoms with Crippen molar-refractivity contribution in [2.45, 2.75) is 0 Å². The quantitative estimate of drug-likeness (QED) is 0.795. The van der Waals surface area contributed by atoms with Gasteiger partial charge in [0.25, 0.3) is 0 Å². The highest BCUT2D eigenvalue weighted by Gasteiger charge is 2.12. The third-order valence-electron chi connectivity index (χ3n) is 2.67. The maximum Gasteiger partial charge on any atom is 0.335 e. The van der Waals surface area contributed by atoms with Crippen LogP contribution in [0.2, 0.25) is 0 Å². The number of aromatic nitrogens is 2. The average molecular weight is 263 g/mol. The van der Waals surface area contributed by atoms with E-state index in [9.17, 15) is 9.59 Å². The van der Waals surface area contributed by atoms with Gasteiger partial charge in [-0.3, -0.25) is 4.79 Å². The van der Waals surface area contributed by atoms with Gasteiger partial charge in [-0.2, -0.15) is 0 Å². The molecule has 1 aromatic heterocycles. The number of ether oxygens (including phenoxy) is 1. The van der Waals surface area contributed by atoms with E-state index in [1.54, 1.807) is 18.0 Å². The number of esters is 1. The number of imidazole rings is 1. The molecule has 1 aromatic carbocycles. The van der Waals surface area contributed by atoms with E-state index in [1.807, 2.05) is 0 Å². The number of likely N-dealkylation sites (N-methyl/N-ethyl adjacent to an activating group) is 1. The molecule has 0 bridgehead atoms. The standard InChI is InChI=1S/C12H13N3O4/c1-15(6-10(16)19-2)12-13-8-4-3-7(11(17)18)5-9(8)14-12/h3-5H,6H2,1-2H3,(H,13,14)(H,17,18). The molecule has 7 heteroatoms. The summed E-state index contributed by atoms with van der Waals surface area (Å²) >= 11 is 0. The van der Waals surface area contributed by atoms with Crippen LogP contribution in [0.5, 0.6) is 0 Å². The lowest BCUT2D eigenvalue weighted by molar-refractivity contribution is -0.138. The number of nitrogens with one attached hydrogen (secondary N) is 1. The van der Waals surface area contributed by atoms with Crippen LogP contribution in [0.25, 0.3) is 11.0 Å². The molecule has 0 spiro atoms. The van der Waals surface area contributed by atoms with Crippen LogP contribution in [-0.4, -0.2) is 47.7 Å². The summed E-state index contributed by atoms with van der Waals surface area (Å²) in [5.41, 5.74) is 1.42. The van der Waals surface area contributed by atoms with Crippen molar-refractivity contribution in [2.75, 3.05) is 25.6 Å². The Hall–Kier alpha value is -2.57. The molecule has 0 aliphatic heterocycles. The smallest absolute Gasteiger partial charge is 0.335 e. The number of aromatic amines is 1. The molecule has 0 radical (unpaired) electrons. The van der Waals surface area contributed by atoms with Crippen LogP contribution in [0.3, 0.4) is 0 Å². The first kappa shape index (κ1) is 12.9. The lowest BCUT2D eigenvalue weighted by Gasteiger charge is -2.13. The maximum atomic E-state index is 11.2. The zero-order valence-corrected chi connectivity index (χ0v) is 10.5. The number of nitrogens with zero attached hydrogens (tertiary/aromatic N) is 2. The number of H-pyrrole nitrogens is 1. The van der Waals surface area contributed by atoms with Crippen molar-refractivity contribution >= 4 is 28.9 Å². The SMILES string of the molecule is COC(=O)CN(C)c1nc2ccc(C(=O)O)cc2[nH]1. The highest BCUT2D eigenvalue weighted by molar-refractivity contribution is 5.92. The van der Waals surface area contributed by atoms with Gasteiger partial charge in [0, 0.05) is 7.05 Å². The van der Waals surface area contributed by atoms with Crippen molar-refractivity contribution in [3.05, 3.63) is 23.8 Å². The molecule has 2 rings (SSSR count). The number of benzene rings is 1. The zero-order valence-electron chi connectivity index (χ0n) is 10.5. The molecule has 0 unspecified atom stereocenters. The summed E-state index contributed by atoms with van der Waals surface area (Å²) in [6.07, 6.45) is 0. The lowest BCUT2D eigenvalue weighted by Crippen LogP contribution is -2.27. The number of carbonyl (C=O) groups excluding carboxylic acids is 1. The number of aromatic carboxylic acids is 1. The van der Waals surface area contributed by atoms with Gasteiger partial charge in [0.1, 0.15) is 6.54 Å². The number of hydrogen-bond acceptors (Lipinski definition) is 5. The largest absolute Gasteiger partial charge is 0.478 e. The van der Waals surface area contributed by atoms with Crippen LogP contribution < -0.4 is 4.90 Å². The van der Waals surface area contributed by atoms with Crippen LogP contribution in [-0.2, 0) is 9.53 Å². The fourth-order valence-electron chi connectivity index (χ4n) is 1.64. The predicted molar refractivity (Wildman–Crippen MR) is 68.3 cm³/mol. The van der Waals surface area contributed by atoms with Crippen molar-refractivity contribution < 1.29 is 19.4 Å². The Morgan fingerprint density at radius 3 is 2.84 bits per heavy atom. The molecule has 0 fully saturated rings. The Kier molecular flexibility index (Phi) is 3.37. The van der Waals surface area contributed by atoms with Gasteiger partial charge in [-0.05, 0) is 18.2 Å². The second kappa shape index (κ2) is 4.97. The maximum absolute atomic E-state index is 11.2. The molecule has 100 valence electrons.